The number of rotatable bonds is 14. The zero-order valence-electron chi connectivity index (χ0n) is 56.9. The highest BCUT2D eigenvalue weighted by Crippen LogP contribution is 2.48. The molecule has 13 rings (SSSR count). The Balaban J connectivity index is 0.000000192. The number of unbranched alkanes of at least 4 members (excludes halogenated alkanes) is 4. The predicted octanol–water partition coefficient (Wildman–Crippen LogP) is 17.8. The van der Waals surface area contributed by atoms with E-state index < -0.39 is 78.9 Å². The number of hydrogen-bond acceptors (Lipinski definition) is 20. The Labute approximate surface area is 589 Å². The van der Waals surface area contributed by atoms with Crippen LogP contribution in [0.15, 0.2) is 121 Å². The molecule has 4 aliphatic carbocycles. The van der Waals surface area contributed by atoms with E-state index in [4.69, 9.17) is 47.4 Å². The second kappa shape index (κ2) is 32.9. The highest BCUT2D eigenvalue weighted by Gasteiger charge is 2.39. The molecule has 2 aromatic heterocycles. The molecule has 524 valence electrons. The van der Waals surface area contributed by atoms with Gasteiger partial charge in [-0.15, -0.1) is 22.7 Å². The van der Waals surface area contributed by atoms with E-state index in [1.54, 1.807) is 22.7 Å². The number of ether oxygens (including phenoxy) is 10. The summed E-state index contributed by atoms with van der Waals surface area (Å²) >= 11 is 3.33. The second-order valence-corrected chi connectivity index (χ2v) is 28.6. The Morgan fingerprint density at radius 3 is 1.05 bits per heavy atom. The van der Waals surface area contributed by atoms with Gasteiger partial charge in [0.15, 0.2) is 0 Å². The molecule has 0 bridgehead atoms. The lowest BCUT2D eigenvalue weighted by Crippen LogP contribution is -2.42. The third kappa shape index (κ3) is 17.7. The Kier molecular flexibility index (Phi) is 23.3. The van der Waals surface area contributed by atoms with E-state index in [0.29, 0.717) is 64.6 Å². The maximum atomic E-state index is 13.0. The van der Waals surface area contributed by atoms with Gasteiger partial charge in [-0.1, -0.05) is 137 Å². The number of carbonyl (C=O) groups excluding carboxylic acids is 8. The Morgan fingerprint density at radius 1 is 0.400 bits per heavy atom. The largest absolute Gasteiger partial charge is 0.508 e. The number of esters is 6. The standard InChI is InChI=1S/C42H48O10S2.C38H36O8/c1-5-7-9-19-47-41(45)51-34-16-18-36(52-42(46)48-20-10-8-6-2)32-22-28(12-14-30(32)34)38-24-40-39(54-38)23-37(53-40)27-11-13-29-31(21-27)35(50-26(4)44)17-15-33(29)49-25(3)43;39-35-11-5-13-37(41)45-33-21-29-17-25-9-3-4-10-26(25)18-30(29)22-34(33)46-38(42)14-6-12-36(40)44-32-20-28-16-24-8-2-1-7-23(24)15-27(28)19-31(32)43-35/h11-14,21-24,33-36H,5-10,15-20H2,1-4H3;1-4,7-10,15-18,31-34H,5-6,11-14,19-22H2. The third-order valence-electron chi connectivity index (χ3n) is 19.1. The van der Waals surface area contributed by atoms with Crippen molar-refractivity contribution < 1.29 is 85.7 Å². The molecule has 1 saturated heterocycles. The molecular weight excluding hydrogens is 1310 g/mol. The summed E-state index contributed by atoms with van der Waals surface area (Å²) < 4.78 is 59.4. The van der Waals surface area contributed by atoms with Crippen molar-refractivity contribution >= 4 is 102 Å². The molecule has 0 spiro atoms. The van der Waals surface area contributed by atoms with E-state index >= 15 is 0 Å². The molecule has 8 atom stereocenters. The molecule has 0 saturated carbocycles. The average Bonchev–Trinajstić information content (AvgIpc) is 1.22. The summed E-state index contributed by atoms with van der Waals surface area (Å²) in [6, 6.07) is 40.9. The highest BCUT2D eigenvalue weighted by atomic mass is 32.1. The molecule has 18 nitrogen and oxygen atoms in total. The summed E-state index contributed by atoms with van der Waals surface area (Å²) in [6.07, 6.45) is 4.04. The van der Waals surface area contributed by atoms with E-state index in [9.17, 15) is 38.4 Å². The SMILES string of the molecule is CCCCCOC(=O)OC1CCC(OC(=O)OCCCCC)c2cc(-c3cc4sc(-c5ccc6c(c5)C(OC(C)=O)CCC6OC(C)=O)cc4s3)ccc21.O=C1CCCC(=O)OC2Cc3cc4ccccc4cc3CC2OC(=O)CCCC(=O)OC2Cc3cc4ccccc4cc3CC2O1. The maximum Gasteiger partial charge on any atom is 0.508 e. The van der Waals surface area contributed by atoms with E-state index in [2.05, 4.69) is 50.2 Å². The minimum atomic E-state index is -0.699. The van der Waals surface area contributed by atoms with Gasteiger partial charge in [-0.25, -0.2) is 9.59 Å². The number of carbonyl (C=O) groups is 8. The van der Waals surface area contributed by atoms with Gasteiger partial charge >= 0.3 is 48.1 Å². The minimum Gasteiger partial charge on any atom is -0.458 e. The molecule has 3 heterocycles. The van der Waals surface area contributed by atoms with Crippen molar-refractivity contribution in [3.05, 3.63) is 166 Å². The zero-order chi connectivity index (χ0) is 69.8. The van der Waals surface area contributed by atoms with Gasteiger partial charge in [0.25, 0.3) is 0 Å². The molecule has 0 radical (unpaired) electrons. The summed E-state index contributed by atoms with van der Waals surface area (Å²) in [7, 11) is 0. The summed E-state index contributed by atoms with van der Waals surface area (Å²) in [5, 5.41) is 4.35. The van der Waals surface area contributed by atoms with Crippen LogP contribution in [-0.2, 0) is 102 Å². The Morgan fingerprint density at radius 2 is 0.720 bits per heavy atom. The van der Waals surface area contributed by atoms with Crippen LogP contribution in [0.1, 0.15) is 199 Å². The Bertz CT molecular complexity index is 4040. The van der Waals surface area contributed by atoms with Gasteiger partial charge in [-0.3, -0.25) is 28.8 Å². The normalized spacial score (nSPS) is 21.5. The monoisotopic (exact) mass is 1400 g/mol. The summed E-state index contributed by atoms with van der Waals surface area (Å²) in [5.41, 5.74) is 9.46. The Hall–Kier alpha value is -9.14. The number of fused-ring (bicyclic) bond motifs is 9. The van der Waals surface area contributed by atoms with Crippen LogP contribution in [0.3, 0.4) is 0 Å². The van der Waals surface area contributed by atoms with Crippen LogP contribution < -0.4 is 0 Å². The molecule has 0 N–H and O–H groups in total. The molecule has 100 heavy (non-hydrogen) atoms. The fourth-order valence-corrected chi connectivity index (χ4v) is 16.5. The van der Waals surface area contributed by atoms with Crippen molar-refractivity contribution in [1.29, 1.82) is 0 Å². The van der Waals surface area contributed by atoms with Crippen molar-refractivity contribution in [2.75, 3.05) is 13.2 Å². The van der Waals surface area contributed by atoms with Gasteiger partial charge in [-0.05, 0) is 147 Å². The lowest BCUT2D eigenvalue weighted by molar-refractivity contribution is -0.172. The minimum absolute atomic E-state index is 0.0226. The van der Waals surface area contributed by atoms with E-state index in [1.165, 1.54) is 13.8 Å². The van der Waals surface area contributed by atoms with Crippen LogP contribution in [-0.4, -0.2) is 85.8 Å². The predicted molar refractivity (Wildman–Crippen MR) is 377 cm³/mol. The molecule has 6 aromatic carbocycles. The molecule has 1 aliphatic heterocycles. The van der Waals surface area contributed by atoms with Crippen LogP contribution in [0.2, 0.25) is 0 Å². The van der Waals surface area contributed by atoms with Crippen LogP contribution >= 0.6 is 22.7 Å². The van der Waals surface area contributed by atoms with E-state index in [1.807, 2.05) is 84.9 Å². The van der Waals surface area contributed by atoms with Crippen molar-refractivity contribution in [1.82, 2.24) is 0 Å². The van der Waals surface area contributed by atoms with Crippen molar-refractivity contribution in [2.45, 2.75) is 205 Å². The molecule has 1 fully saturated rings. The van der Waals surface area contributed by atoms with Crippen LogP contribution in [0, 0.1) is 0 Å². The zero-order valence-corrected chi connectivity index (χ0v) is 58.5. The third-order valence-corrected chi connectivity index (χ3v) is 21.4. The van der Waals surface area contributed by atoms with Gasteiger partial charge in [0.05, 0.1) is 13.2 Å². The molecule has 20 heteroatoms. The van der Waals surface area contributed by atoms with E-state index in [0.717, 1.165) is 135 Å². The smallest absolute Gasteiger partial charge is 0.458 e. The van der Waals surface area contributed by atoms with Crippen LogP contribution in [0.4, 0.5) is 9.59 Å². The molecular formula is C80H84O18S2. The lowest BCUT2D eigenvalue weighted by atomic mass is 9.85. The fraction of sp³-hybridized carbons (Fsp3) is 0.425. The molecule has 8 aromatic rings. The first-order chi connectivity index (χ1) is 48.5. The number of hydrogen-bond donors (Lipinski definition) is 0. The molecule has 0 amide bonds. The second-order valence-electron chi connectivity index (χ2n) is 26.4. The van der Waals surface area contributed by atoms with Gasteiger partial charge in [-0.2, -0.15) is 0 Å². The van der Waals surface area contributed by atoms with Crippen LogP contribution in [0.5, 0.6) is 0 Å². The fourth-order valence-electron chi connectivity index (χ4n) is 14.1. The van der Waals surface area contributed by atoms with E-state index in [-0.39, 0.29) is 56.6 Å². The first kappa shape index (κ1) is 70.7. The summed E-state index contributed by atoms with van der Waals surface area (Å²) in [4.78, 5) is 103. The van der Waals surface area contributed by atoms with Gasteiger partial charge in [0, 0.05) is 89.9 Å². The lowest BCUT2D eigenvalue weighted by Gasteiger charge is -2.33. The van der Waals surface area contributed by atoms with Gasteiger partial charge in [0.1, 0.15) is 48.8 Å². The maximum absolute atomic E-state index is 13.0. The van der Waals surface area contributed by atoms with Crippen molar-refractivity contribution in [3.8, 4) is 20.9 Å². The topological polar surface area (TPSA) is 229 Å². The number of thiophene rings is 2. The van der Waals surface area contributed by atoms with Crippen molar-refractivity contribution in [2.24, 2.45) is 0 Å². The summed E-state index contributed by atoms with van der Waals surface area (Å²) in [5.74, 6) is -2.49. The summed E-state index contributed by atoms with van der Waals surface area (Å²) in [6.45, 7) is 7.61. The average molecular weight is 1400 g/mol. The first-order valence-electron chi connectivity index (χ1n) is 35.1. The number of benzene rings is 6. The molecule has 8 unspecified atom stereocenters. The highest BCUT2D eigenvalue weighted by molar-refractivity contribution is 7.31. The van der Waals surface area contributed by atoms with Crippen LogP contribution in [0.25, 0.3) is 51.8 Å². The van der Waals surface area contributed by atoms with Gasteiger partial charge < -0.3 is 47.4 Å². The quantitative estimate of drug-likeness (QED) is 0.0560. The van der Waals surface area contributed by atoms with Crippen molar-refractivity contribution in [3.63, 3.8) is 0 Å². The first-order valence-corrected chi connectivity index (χ1v) is 36.8. The molecule has 5 aliphatic rings. The van der Waals surface area contributed by atoms with Gasteiger partial charge in [0.2, 0.25) is 0 Å².